The van der Waals surface area contributed by atoms with E-state index >= 15 is 0 Å². The summed E-state index contributed by atoms with van der Waals surface area (Å²) in [5.74, 6) is 0.837. The first-order chi connectivity index (χ1) is 11.1. The van der Waals surface area contributed by atoms with E-state index in [1.165, 1.54) is 0 Å². The first-order valence-electron chi connectivity index (χ1n) is 8.16. The minimum atomic E-state index is -0.685. The fourth-order valence-electron chi connectivity index (χ4n) is 2.61. The highest BCUT2D eigenvalue weighted by atomic mass is 16.7. The molecule has 0 aliphatic rings. The van der Waals surface area contributed by atoms with Crippen molar-refractivity contribution >= 4 is 11.4 Å². The molecule has 23 heavy (non-hydrogen) atoms. The highest BCUT2D eigenvalue weighted by Crippen LogP contribution is 2.31. The van der Waals surface area contributed by atoms with Gasteiger partial charge in [-0.15, -0.1) is 0 Å². The number of anilines is 2. The summed E-state index contributed by atoms with van der Waals surface area (Å²) >= 11 is 0. The lowest BCUT2D eigenvalue weighted by Gasteiger charge is -2.34. The van der Waals surface area contributed by atoms with Gasteiger partial charge < -0.3 is 20.9 Å². The quantitative estimate of drug-likeness (QED) is 0.551. The molecule has 0 unspecified atom stereocenters. The predicted molar refractivity (Wildman–Crippen MR) is 95.5 cm³/mol. The summed E-state index contributed by atoms with van der Waals surface area (Å²) in [6.07, 6.45) is 3.53. The van der Waals surface area contributed by atoms with Crippen molar-refractivity contribution in [2.75, 3.05) is 11.5 Å². The lowest BCUT2D eigenvalue weighted by molar-refractivity contribution is -0.126. The van der Waals surface area contributed by atoms with Crippen molar-refractivity contribution in [3.63, 3.8) is 0 Å². The zero-order chi connectivity index (χ0) is 16.7. The Morgan fingerprint density at radius 3 is 1.35 bits per heavy atom. The van der Waals surface area contributed by atoms with Gasteiger partial charge in [0.1, 0.15) is 11.5 Å². The Labute approximate surface area is 138 Å². The van der Waals surface area contributed by atoms with Crippen LogP contribution in [0.15, 0.2) is 48.5 Å². The normalized spacial score (nSPS) is 11.2. The molecule has 4 heteroatoms. The van der Waals surface area contributed by atoms with Crippen LogP contribution in [-0.4, -0.2) is 5.79 Å². The summed E-state index contributed by atoms with van der Waals surface area (Å²) in [5, 5.41) is 0. The number of nitrogen functional groups attached to an aromatic ring is 2. The second kappa shape index (κ2) is 7.77. The Balaban J connectivity index is 2.25. The van der Waals surface area contributed by atoms with E-state index in [0.29, 0.717) is 11.4 Å². The fourth-order valence-corrected chi connectivity index (χ4v) is 2.61. The van der Waals surface area contributed by atoms with E-state index in [9.17, 15) is 0 Å². The lowest BCUT2D eigenvalue weighted by atomic mass is 10.0. The standard InChI is InChI=1S/C19H26N2O2/c1-3-13-19(14-4-2,22-17-9-5-15(20)6-10-17)23-18-11-7-16(21)8-12-18/h5-12H,3-4,13-14,20-21H2,1-2H3. The van der Waals surface area contributed by atoms with Gasteiger partial charge in [0.2, 0.25) is 0 Å². The van der Waals surface area contributed by atoms with Gasteiger partial charge in [-0.05, 0) is 61.4 Å². The zero-order valence-electron chi connectivity index (χ0n) is 13.9. The molecular formula is C19H26N2O2. The third kappa shape index (κ3) is 4.81. The van der Waals surface area contributed by atoms with Gasteiger partial charge in [-0.1, -0.05) is 13.8 Å². The molecule has 124 valence electrons. The average molecular weight is 314 g/mol. The average Bonchev–Trinajstić information content (AvgIpc) is 2.52. The van der Waals surface area contributed by atoms with E-state index in [1.807, 2.05) is 48.5 Å². The molecule has 0 spiro atoms. The lowest BCUT2D eigenvalue weighted by Crippen LogP contribution is -2.42. The van der Waals surface area contributed by atoms with Crippen molar-refractivity contribution < 1.29 is 9.47 Å². The van der Waals surface area contributed by atoms with Crippen molar-refractivity contribution in [1.82, 2.24) is 0 Å². The van der Waals surface area contributed by atoms with Crippen LogP contribution in [0.1, 0.15) is 39.5 Å². The minimum Gasteiger partial charge on any atom is -0.452 e. The number of nitrogens with two attached hydrogens (primary N) is 2. The van der Waals surface area contributed by atoms with E-state index in [1.54, 1.807) is 0 Å². The largest absolute Gasteiger partial charge is 0.452 e. The molecule has 0 amide bonds. The number of benzene rings is 2. The van der Waals surface area contributed by atoms with Gasteiger partial charge in [0.05, 0.1) is 0 Å². The number of ether oxygens (including phenoxy) is 2. The van der Waals surface area contributed by atoms with Crippen LogP contribution in [0.25, 0.3) is 0 Å². The fraction of sp³-hybridized carbons (Fsp3) is 0.368. The molecule has 0 aliphatic heterocycles. The number of rotatable bonds is 8. The summed E-state index contributed by atoms with van der Waals surface area (Å²) in [4.78, 5) is 0. The Kier molecular flexibility index (Phi) is 5.74. The van der Waals surface area contributed by atoms with Gasteiger partial charge in [-0.3, -0.25) is 0 Å². The molecule has 2 aromatic carbocycles. The summed E-state index contributed by atoms with van der Waals surface area (Å²) in [5.41, 5.74) is 12.9. The van der Waals surface area contributed by atoms with Crippen molar-refractivity contribution in [2.24, 2.45) is 0 Å². The summed E-state index contributed by atoms with van der Waals surface area (Å²) in [7, 11) is 0. The first-order valence-corrected chi connectivity index (χ1v) is 8.16. The molecule has 0 saturated heterocycles. The van der Waals surface area contributed by atoms with Crippen LogP contribution < -0.4 is 20.9 Å². The van der Waals surface area contributed by atoms with Gasteiger partial charge in [0.25, 0.3) is 5.79 Å². The van der Waals surface area contributed by atoms with Crippen LogP contribution in [0.4, 0.5) is 11.4 Å². The van der Waals surface area contributed by atoms with Crippen LogP contribution in [0.2, 0.25) is 0 Å². The van der Waals surface area contributed by atoms with Crippen LogP contribution >= 0.6 is 0 Å². The van der Waals surface area contributed by atoms with Crippen LogP contribution in [0, 0.1) is 0 Å². The van der Waals surface area contributed by atoms with Crippen LogP contribution in [-0.2, 0) is 0 Å². The maximum atomic E-state index is 6.26. The van der Waals surface area contributed by atoms with Gasteiger partial charge in [-0.2, -0.15) is 0 Å². The molecular weight excluding hydrogens is 288 g/mol. The monoisotopic (exact) mass is 314 g/mol. The van der Waals surface area contributed by atoms with Crippen molar-refractivity contribution in [2.45, 2.75) is 45.3 Å². The van der Waals surface area contributed by atoms with Gasteiger partial charge >= 0.3 is 0 Å². The molecule has 0 fully saturated rings. The molecule has 2 aromatic rings. The molecule has 2 rings (SSSR count). The first kappa shape index (κ1) is 17.0. The minimum absolute atomic E-state index is 0.685. The molecule has 0 aromatic heterocycles. The number of hydrogen-bond donors (Lipinski definition) is 2. The van der Waals surface area contributed by atoms with E-state index in [2.05, 4.69) is 13.8 Å². The van der Waals surface area contributed by atoms with E-state index in [0.717, 1.165) is 37.2 Å². The second-order valence-electron chi connectivity index (χ2n) is 5.75. The highest BCUT2D eigenvalue weighted by Gasteiger charge is 2.33. The zero-order valence-corrected chi connectivity index (χ0v) is 13.9. The van der Waals surface area contributed by atoms with Crippen LogP contribution in [0.3, 0.4) is 0 Å². The molecule has 0 bridgehead atoms. The number of hydrogen-bond acceptors (Lipinski definition) is 4. The SMILES string of the molecule is CCCC(CCC)(Oc1ccc(N)cc1)Oc1ccc(N)cc1. The van der Waals surface area contributed by atoms with E-state index in [-0.39, 0.29) is 0 Å². The van der Waals surface area contributed by atoms with Crippen LogP contribution in [0.5, 0.6) is 11.5 Å². The summed E-state index contributed by atoms with van der Waals surface area (Å²) in [6, 6.07) is 14.8. The maximum absolute atomic E-state index is 6.26. The Hall–Kier alpha value is -2.36. The van der Waals surface area contributed by atoms with E-state index in [4.69, 9.17) is 20.9 Å². The van der Waals surface area contributed by atoms with Crippen molar-refractivity contribution in [3.05, 3.63) is 48.5 Å². The summed E-state index contributed by atoms with van der Waals surface area (Å²) in [6.45, 7) is 4.26. The van der Waals surface area contributed by atoms with Gasteiger partial charge in [0, 0.05) is 24.2 Å². The van der Waals surface area contributed by atoms with Gasteiger partial charge in [-0.25, -0.2) is 0 Å². The molecule has 0 heterocycles. The predicted octanol–water partition coefficient (Wildman–Crippen LogP) is 4.61. The Bertz CT molecular complexity index is 538. The van der Waals surface area contributed by atoms with Crippen molar-refractivity contribution in [1.29, 1.82) is 0 Å². The molecule has 4 N–H and O–H groups in total. The third-order valence-electron chi connectivity index (χ3n) is 3.63. The topological polar surface area (TPSA) is 70.5 Å². The Morgan fingerprint density at radius 2 is 1.04 bits per heavy atom. The Morgan fingerprint density at radius 1 is 0.696 bits per heavy atom. The highest BCUT2D eigenvalue weighted by molar-refractivity contribution is 5.42. The van der Waals surface area contributed by atoms with Crippen molar-refractivity contribution in [3.8, 4) is 11.5 Å². The molecule has 4 nitrogen and oxygen atoms in total. The molecule has 0 saturated carbocycles. The molecule has 0 radical (unpaired) electrons. The van der Waals surface area contributed by atoms with E-state index < -0.39 is 5.79 Å². The molecule has 0 aliphatic carbocycles. The smallest absolute Gasteiger partial charge is 0.251 e. The van der Waals surface area contributed by atoms with Gasteiger partial charge in [0.15, 0.2) is 0 Å². The third-order valence-corrected chi connectivity index (χ3v) is 3.63. The molecule has 0 atom stereocenters. The second-order valence-corrected chi connectivity index (χ2v) is 5.75. The summed E-state index contributed by atoms with van der Waals surface area (Å²) < 4.78 is 12.5. The maximum Gasteiger partial charge on any atom is 0.251 e.